The number of alkyl halides is 1. The van der Waals surface area contributed by atoms with Gasteiger partial charge in [-0.25, -0.2) is 4.98 Å². The number of aryl methyl sites for hydroxylation is 1. The van der Waals surface area contributed by atoms with Crippen LogP contribution >= 0.6 is 15.9 Å². The molecule has 0 radical (unpaired) electrons. The first kappa shape index (κ1) is 11.1. The minimum absolute atomic E-state index is 0.431. The van der Waals surface area contributed by atoms with Crippen molar-refractivity contribution in [1.82, 2.24) is 14.8 Å². The Morgan fingerprint density at radius 1 is 1.38 bits per heavy atom. The quantitative estimate of drug-likeness (QED) is 0.808. The Kier molecular flexibility index (Phi) is 3.56. The Labute approximate surface area is 102 Å². The highest BCUT2D eigenvalue weighted by Crippen LogP contribution is 2.21. The van der Waals surface area contributed by atoms with E-state index >= 15 is 0 Å². The van der Waals surface area contributed by atoms with Gasteiger partial charge in [0, 0.05) is 17.9 Å². The molecule has 5 heteroatoms. The largest absolute Gasteiger partial charge is 0.485 e. The van der Waals surface area contributed by atoms with Crippen LogP contribution in [0.5, 0.6) is 5.75 Å². The maximum Gasteiger partial charge on any atom is 0.164 e. The number of hydrogen-bond donors (Lipinski definition) is 0. The molecule has 0 bridgehead atoms. The number of nitrogens with zero attached hydrogens (tertiary/aromatic N) is 3. The van der Waals surface area contributed by atoms with E-state index in [9.17, 15) is 0 Å². The number of halogens is 1. The molecule has 0 amide bonds. The second kappa shape index (κ2) is 5.12. The molecule has 0 spiro atoms. The summed E-state index contributed by atoms with van der Waals surface area (Å²) in [5, 5.41) is 4.77. The molecule has 1 aromatic heterocycles. The molecular weight excluding hydrogens is 270 g/mol. The van der Waals surface area contributed by atoms with E-state index in [0.717, 1.165) is 22.5 Å². The normalized spacial score (nSPS) is 10.4. The average Bonchev–Trinajstić information content (AvgIpc) is 2.72. The SMILES string of the molecule is Cn1ncnc1COc1ccccc1CBr. The van der Waals surface area contributed by atoms with Crippen LogP contribution in [0.1, 0.15) is 11.4 Å². The Morgan fingerprint density at radius 2 is 2.19 bits per heavy atom. The Bertz CT molecular complexity index is 470. The molecule has 0 aliphatic heterocycles. The van der Waals surface area contributed by atoms with E-state index in [2.05, 4.69) is 26.0 Å². The first-order chi connectivity index (χ1) is 7.81. The summed E-state index contributed by atoms with van der Waals surface area (Å²) in [6.45, 7) is 0.431. The Morgan fingerprint density at radius 3 is 2.88 bits per heavy atom. The lowest BCUT2D eigenvalue weighted by molar-refractivity contribution is 0.287. The highest BCUT2D eigenvalue weighted by molar-refractivity contribution is 9.08. The summed E-state index contributed by atoms with van der Waals surface area (Å²) in [4.78, 5) is 4.10. The number of aromatic nitrogens is 3. The maximum absolute atomic E-state index is 5.70. The van der Waals surface area contributed by atoms with Crippen LogP contribution < -0.4 is 4.74 Å². The minimum atomic E-state index is 0.431. The van der Waals surface area contributed by atoms with Gasteiger partial charge < -0.3 is 4.74 Å². The summed E-state index contributed by atoms with van der Waals surface area (Å²) in [6.07, 6.45) is 1.52. The zero-order chi connectivity index (χ0) is 11.4. The fourth-order valence-corrected chi connectivity index (χ4v) is 1.81. The Balaban J connectivity index is 2.07. The number of rotatable bonds is 4. The summed E-state index contributed by atoms with van der Waals surface area (Å²) in [6, 6.07) is 7.93. The molecule has 0 N–H and O–H groups in total. The van der Waals surface area contributed by atoms with E-state index in [1.54, 1.807) is 4.68 Å². The van der Waals surface area contributed by atoms with Crippen LogP contribution in [0.4, 0.5) is 0 Å². The molecule has 2 aromatic rings. The zero-order valence-corrected chi connectivity index (χ0v) is 10.5. The summed E-state index contributed by atoms with van der Waals surface area (Å²) >= 11 is 3.43. The molecule has 0 aliphatic rings. The molecule has 1 aromatic carbocycles. The van der Waals surface area contributed by atoms with Crippen LogP contribution in [0.25, 0.3) is 0 Å². The molecule has 84 valence electrons. The van der Waals surface area contributed by atoms with E-state index in [1.165, 1.54) is 6.33 Å². The van der Waals surface area contributed by atoms with Gasteiger partial charge in [-0.2, -0.15) is 5.10 Å². The zero-order valence-electron chi connectivity index (χ0n) is 8.93. The fourth-order valence-electron chi connectivity index (χ4n) is 1.35. The number of hydrogen-bond acceptors (Lipinski definition) is 3. The topological polar surface area (TPSA) is 39.9 Å². The van der Waals surface area contributed by atoms with E-state index < -0.39 is 0 Å². The highest BCUT2D eigenvalue weighted by Gasteiger charge is 2.04. The second-order valence-corrected chi connectivity index (χ2v) is 3.89. The molecule has 4 nitrogen and oxygen atoms in total. The van der Waals surface area contributed by atoms with Crippen LogP contribution in [0, 0.1) is 0 Å². The molecule has 1 heterocycles. The summed E-state index contributed by atoms with van der Waals surface area (Å²) in [5.41, 5.74) is 1.13. The van der Waals surface area contributed by atoms with Crippen molar-refractivity contribution in [2.24, 2.45) is 7.05 Å². The van der Waals surface area contributed by atoms with Gasteiger partial charge in [-0.05, 0) is 6.07 Å². The van der Waals surface area contributed by atoms with Crippen LogP contribution in [0.3, 0.4) is 0 Å². The average molecular weight is 282 g/mol. The summed E-state index contributed by atoms with van der Waals surface area (Å²) < 4.78 is 7.41. The maximum atomic E-state index is 5.70. The lowest BCUT2D eigenvalue weighted by Crippen LogP contribution is -2.05. The molecule has 0 saturated heterocycles. The van der Waals surface area contributed by atoms with Crippen LogP contribution in [-0.2, 0) is 19.0 Å². The van der Waals surface area contributed by atoms with Gasteiger partial charge in [0.1, 0.15) is 18.7 Å². The van der Waals surface area contributed by atoms with Gasteiger partial charge in [0.05, 0.1) is 0 Å². The van der Waals surface area contributed by atoms with Crippen LogP contribution in [0.2, 0.25) is 0 Å². The first-order valence-corrected chi connectivity index (χ1v) is 6.03. The summed E-state index contributed by atoms with van der Waals surface area (Å²) in [7, 11) is 1.85. The number of para-hydroxylation sites is 1. The second-order valence-electron chi connectivity index (χ2n) is 3.33. The van der Waals surface area contributed by atoms with E-state index in [1.807, 2.05) is 31.3 Å². The van der Waals surface area contributed by atoms with Crippen LogP contribution in [-0.4, -0.2) is 14.8 Å². The van der Waals surface area contributed by atoms with Crippen LogP contribution in [0.15, 0.2) is 30.6 Å². The van der Waals surface area contributed by atoms with E-state index in [-0.39, 0.29) is 0 Å². The lowest BCUT2D eigenvalue weighted by atomic mass is 10.2. The van der Waals surface area contributed by atoms with Gasteiger partial charge >= 0.3 is 0 Å². The smallest absolute Gasteiger partial charge is 0.164 e. The van der Waals surface area contributed by atoms with Crippen molar-refractivity contribution in [3.63, 3.8) is 0 Å². The lowest BCUT2D eigenvalue weighted by Gasteiger charge is -2.08. The third-order valence-electron chi connectivity index (χ3n) is 2.28. The van der Waals surface area contributed by atoms with Crippen molar-refractivity contribution >= 4 is 15.9 Å². The predicted octanol–water partition coefficient (Wildman–Crippen LogP) is 2.29. The van der Waals surface area contributed by atoms with Crippen molar-refractivity contribution in [3.8, 4) is 5.75 Å². The monoisotopic (exact) mass is 281 g/mol. The van der Waals surface area contributed by atoms with Crippen molar-refractivity contribution in [1.29, 1.82) is 0 Å². The van der Waals surface area contributed by atoms with Gasteiger partial charge in [-0.1, -0.05) is 34.1 Å². The van der Waals surface area contributed by atoms with Gasteiger partial charge in [0.15, 0.2) is 5.82 Å². The molecule has 0 unspecified atom stereocenters. The van der Waals surface area contributed by atoms with Crippen molar-refractivity contribution in [3.05, 3.63) is 42.0 Å². The molecule has 0 atom stereocenters. The Hall–Kier alpha value is -1.36. The number of benzene rings is 1. The number of ether oxygens (including phenoxy) is 1. The van der Waals surface area contributed by atoms with E-state index in [4.69, 9.17) is 4.74 Å². The van der Waals surface area contributed by atoms with Gasteiger partial charge in [0.25, 0.3) is 0 Å². The third-order valence-corrected chi connectivity index (χ3v) is 2.88. The van der Waals surface area contributed by atoms with Crippen molar-refractivity contribution in [2.75, 3.05) is 0 Å². The molecule has 0 fully saturated rings. The van der Waals surface area contributed by atoms with E-state index in [0.29, 0.717) is 6.61 Å². The van der Waals surface area contributed by atoms with Crippen molar-refractivity contribution < 1.29 is 4.74 Å². The molecule has 0 saturated carbocycles. The van der Waals surface area contributed by atoms with Crippen molar-refractivity contribution in [2.45, 2.75) is 11.9 Å². The first-order valence-electron chi connectivity index (χ1n) is 4.91. The fraction of sp³-hybridized carbons (Fsp3) is 0.273. The van der Waals surface area contributed by atoms with Gasteiger partial charge in [-0.15, -0.1) is 0 Å². The molecule has 16 heavy (non-hydrogen) atoms. The third kappa shape index (κ3) is 2.41. The standard InChI is InChI=1S/C11H12BrN3O/c1-15-11(13-8-14-15)7-16-10-5-3-2-4-9(10)6-12/h2-5,8H,6-7H2,1H3. The highest BCUT2D eigenvalue weighted by atomic mass is 79.9. The van der Waals surface area contributed by atoms with Gasteiger partial charge in [0.2, 0.25) is 0 Å². The molecule has 2 rings (SSSR count). The molecular formula is C11H12BrN3O. The predicted molar refractivity (Wildman–Crippen MR) is 64.4 cm³/mol. The minimum Gasteiger partial charge on any atom is -0.485 e. The summed E-state index contributed by atoms with van der Waals surface area (Å²) in [5.74, 6) is 1.69. The molecule has 0 aliphatic carbocycles. The van der Waals surface area contributed by atoms with Gasteiger partial charge in [-0.3, -0.25) is 4.68 Å².